The van der Waals surface area contributed by atoms with Gasteiger partial charge in [-0.05, 0) is 61.2 Å². The van der Waals surface area contributed by atoms with Crippen LogP contribution in [0.15, 0.2) is 59.5 Å². The van der Waals surface area contributed by atoms with Crippen LogP contribution in [-0.4, -0.2) is 42.2 Å². The molecule has 0 bridgehead atoms. The number of benzene rings is 2. The van der Waals surface area contributed by atoms with Gasteiger partial charge in [0.15, 0.2) is 5.78 Å². The number of Topliss-reactive ketones (excluding diaryl/α,β-unsaturated/α-hetero) is 1. The van der Waals surface area contributed by atoms with Crippen molar-refractivity contribution in [3.63, 3.8) is 0 Å². The molecular formula is C28H31NO6S2. The number of carboxylic acid groups (broad SMARTS) is 1. The molecule has 2 aromatic carbocycles. The van der Waals surface area contributed by atoms with Crippen molar-refractivity contribution in [1.29, 1.82) is 0 Å². The van der Waals surface area contributed by atoms with Crippen LogP contribution in [0.4, 0.5) is 0 Å². The minimum Gasteiger partial charge on any atom is -0.488 e. The highest BCUT2D eigenvalue weighted by atomic mass is 32.2. The molecule has 196 valence electrons. The first-order valence-electron chi connectivity index (χ1n) is 12.2. The van der Waals surface area contributed by atoms with E-state index in [4.69, 9.17) is 4.74 Å². The molecule has 0 fully saturated rings. The number of carbonyl (C=O) groups excluding carboxylic acids is 1. The molecule has 0 amide bonds. The number of ether oxygens (including phenoxy) is 1. The number of carboxylic acids is 1. The van der Waals surface area contributed by atoms with Gasteiger partial charge in [0.1, 0.15) is 16.7 Å². The van der Waals surface area contributed by atoms with E-state index in [1.165, 1.54) is 22.6 Å². The Morgan fingerprint density at radius 3 is 2.54 bits per heavy atom. The minimum atomic E-state index is -3.82. The Hall–Kier alpha value is -3.01. The average molecular weight is 542 g/mol. The molecule has 9 heteroatoms. The van der Waals surface area contributed by atoms with E-state index in [-0.39, 0.29) is 29.9 Å². The Balaban J connectivity index is 1.75. The first kappa shape index (κ1) is 27.0. The predicted molar refractivity (Wildman–Crippen MR) is 143 cm³/mol. The number of aliphatic carboxylic acids is 1. The standard InChI is InChI=1S/C28H31NO6S2/c1-5-22-16-29(37(33,34)26-9-7-6-8-23(26)35-22)15-21-14-20(11-10-17(21)2)27(18(3)28(31)32)25-13-12-24(36-25)19(4)30/h6-14,18,22,27H,5,15-16H2,1-4H3,(H,31,32)/t18-,22-,27-/m1/s1. The Morgan fingerprint density at radius 2 is 1.89 bits per heavy atom. The van der Waals surface area contributed by atoms with Crippen LogP contribution in [-0.2, 0) is 21.4 Å². The summed E-state index contributed by atoms with van der Waals surface area (Å²) < 4.78 is 34.8. The van der Waals surface area contributed by atoms with Crippen molar-refractivity contribution in [2.75, 3.05) is 6.54 Å². The third-order valence-corrected chi connectivity index (χ3v) is 9.99. The lowest BCUT2D eigenvalue weighted by molar-refractivity contribution is -0.141. The van der Waals surface area contributed by atoms with Crippen LogP contribution in [0.5, 0.6) is 5.75 Å². The van der Waals surface area contributed by atoms with Crippen molar-refractivity contribution in [2.45, 2.75) is 57.6 Å². The molecule has 1 aliphatic heterocycles. The summed E-state index contributed by atoms with van der Waals surface area (Å²) in [6, 6.07) is 15.9. The highest BCUT2D eigenvalue weighted by molar-refractivity contribution is 7.89. The summed E-state index contributed by atoms with van der Waals surface area (Å²) in [5.41, 5.74) is 2.47. The van der Waals surface area contributed by atoms with Gasteiger partial charge in [-0.3, -0.25) is 9.59 Å². The molecule has 3 atom stereocenters. The van der Waals surface area contributed by atoms with Crippen LogP contribution in [0.3, 0.4) is 0 Å². The molecule has 0 aliphatic carbocycles. The number of carbonyl (C=O) groups is 2. The largest absolute Gasteiger partial charge is 0.488 e. The number of hydrogen-bond donors (Lipinski definition) is 1. The van der Waals surface area contributed by atoms with Gasteiger partial charge in [0.05, 0.1) is 17.3 Å². The van der Waals surface area contributed by atoms with E-state index in [9.17, 15) is 23.1 Å². The van der Waals surface area contributed by atoms with Crippen molar-refractivity contribution in [1.82, 2.24) is 4.31 Å². The number of fused-ring (bicyclic) bond motifs is 1. The lowest BCUT2D eigenvalue weighted by atomic mass is 9.84. The van der Waals surface area contributed by atoms with E-state index < -0.39 is 27.8 Å². The summed E-state index contributed by atoms with van der Waals surface area (Å²) >= 11 is 1.30. The van der Waals surface area contributed by atoms with Gasteiger partial charge in [-0.15, -0.1) is 11.3 Å². The number of aryl methyl sites for hydroxylation is 1. The summed E-state index contributed by atoms with van der Waals surface area (Å²) in [7, 11) is -3.82. The summed E-state index contributed by atoms with van der Waals surface area (Å²) in [5, 5.41) is 9.86. The van der Waals surface area contributed by atoms with Crippen molar-refractivity contribution in [2.24, 2.45) is 5.92 Å². The first-order chi connectivity index (χ1) is 17.5. The minimum absolute atomic E-state index is 0.0677. The van der Waals surface area contributed by atoms with Gasteiger partial charge in [0.2, 0.25) is 10.0 Å². The van der Waals surface area contributed by atoms with Gasteiger partial charge >= 0.3 is 5.97 Å². The number of ketones is 1. The molecule has 1 aliphatic rings. The van der Waals surface area contributed by atoms with Crippen molar-refractivity contribution in [3.05, 3.63) is 81.0 Å². The number of sulfonamides is 1. The quantitative estimate of drug-likeness (QED) is 0.379. The van der Waals surface area contributed by atoms with E-state index in [1.54, 1.807) is 37.3 Å². The van der Waals surface area contributed by atoms with Crippen molar-refractivity contribution >= 4 is 33.1 Å². The monoisotopic (exact) mass is 541 g/mol. The van der Waals surface area contributed by atoms with E-state index in [2.05, 4.69) is 0 Å². The van der Waals surface area contributed by atoms with Gasteiger partial charge in [-0.2, -0.15) is 4.31 Å². The maximum Gasteiger partial charge on any atom is 0.307 e. The molecule has 0 saturated heterocycles. The number of rotatable bonds is 8. The third-order valence-electron chi connectivity index (χ3n) is 6.87. The summed E-state index contributed by atoms with van der Waals surface area (Å²) in [4.78, 5) is 25.4. The fraction of sp³-hybridized carbons (Fsp3) is 0.357. The molecule has 0 radical (unpaired) electrons. The lowest BCUT2D eigenvalue weighted by Gasteiger charge is -2.25. The van der Waals surface area contributed by atoms with E-state index >= 15 is 0 Å². The predicted octanol–water partition coefficient (Wildman–Crippen LogP) is 5.47. The van der Waals surface area contributed by atoms with Gasteiger partial charge < -0.3 is 9.84 Å². The topological polar surface area (TPSA) is 101 Å². The Morgan fingerprint density at radius 1 is 1.16 bits per heavy atom. The van der Waals surface area contributed by atoms with Gasteiger partial charge in [0.25, 0.3) is 0 Å². The second-order valence-electron chi connectivity index (χ2n) is 9.44. The van der Waals surface area contributed by atoms with Crippen molar-refractivity contribution < 1.29 is 27.9 Å². The zero-order chi connectivity index (χ0) is 26.9. The van der Waals surface area contributed by atoms with Crippen LogP contribution in [0.1, 0.15) is 64.3 Å². The molecule has 37 heavy (non-hydrogen) atoms. The van der Waals surface area contributed by atoms with Crippen LogP contribution >= 0.6 is 11.3 Å². The van der Waals surface area contributed by atoms with E-state index in [0.29, 0.717) is 17.0 Å². The molecule has 4 rings (SSSR count). The van der Waals surface area contributed by atoms with Gasteiger partial charge in [0, 0.05) is 17.3 Å². The highest BCUT2D eigenvalue weighted by Gasteiger charge is 2.35. The number of hydrogen-bond acceptors (Lipinski definition) is 6. The van der Waals surface area contributed by atoms with Crippen LogP contribution < -0.4 is 4.74 Å². The Labute approximate surface area is 221 Å². The Kier molecular flexibility index (Phi) is 7.87. The molecule has 0 saturated carbocycles. The van der Waals surface area contributed by atoms with Crippen molar-refractivity contribution in [3.8, 4) is 5.75 Å². The first-order valence-corrected chi connectivity index (χ1v) is 14.5. The molecule has 2 heterocycles. The van der Waals surface area contributed by atoms with Gasteiger partial charge in [-0.25, -0.2) is 8.42 Å². The maximum atomic E-state index is 13.6. The zero-order valence-corrected chi connectivity index (χ0v) is 22.9. The smallest absolute Gasteiger partial charge is 0.307 e. The van der Waals surface area contributed by atoms with Gasteiger partial charge in [-0.1, -0.05) is 44.2 Å². The van der Waals surface area contributed by atoms with Crippen LogP contribution in [0, 0.1) is 12.8 Å². The zero-order valence-electron chi connectivity index (χ0n) is 21.3. The maximum absolute atomic E-state index is 13.6. The van der Waals surface area contributed by atoms with E-state index in [0.717, 1.165) is 21.6 Å². The Bertz CT molecular complexity index is 1430. The molecule has 0 unspecified atom stereocenters. The molecule has 0 spiro atoms. The molecule has 1 N–H and O–H groups in total. The van der Waals surface area contributed by atoms with E-state index in [1.807, 2.05) is 38.1 Å². The fourth-order valence-corrected chi connectivity index (χ4v) is 7.31. The van der Waals surface area contributed by atoms with Crippen LogP contribution in [0.2, 0.25) is 0 Å². The molecule has 7 nitrogen and oxygen atoms in total. The molecule has 1 aromatic heterocycles. The molecular weight excluding hydrogens is 510 g/mol. The second kappa shape index (κ2) is 10.8. The highest BCUT2D eigenvalue weighted by Crippen LogP contribution is 2.38. The summed E-state index contributed by atoms with van der Waals surface area (Å²) in [6.45, 7) is 7.36. The SMILES string of the molecule is CC[C@@H]1CN(Cc2cc([C@H](c3ccc(C(C)=O)s3)[C@@H](C)C(=O)O)ccc2C)S(=O)(=O)c2ccccc2O1. The summed E-state index contributed by atoms with van der Waals surface area (Å²) in [6.07, 6.45) is 0.354. The second-order valence-corrected chi connectivity index (χ2v) is 12.5. The normalized spacial score (nSPS) is 18.8. The number of para-hydroxylation sites is 1. The lowest BCUT2D eigenvalue weighted by Crippen LogP contribution is -2.36. The fourth-order valence-electron chi connectivity index (χ4n) is 4.60. The van der Waals surface area contributed by atoms with Crippen LogP contribution in [0.25, 0.3) is 0 Å². The molecule has 3 aromatic rings. The summed E-state index contributed by atoms with van der Waals surface area (Å²) in [5.74, 6) is -1.89. The third kappa shape index (κ3) is 5.49. The number of thiophene rings is 1. The average Bonchev–Trinajstić information content (AvgIpc) is 3.31. The number of nitrogens with zero attached hydrogens (tertiary/aromatic N) is 1.